The first-order chi connectivity index (χ1) is 16.8. The molecule has 3 aromatic carbocycles. The molecule has 1 aliphatic heterocycles. The summed E-state index contributed by atoms with van der Waals surface area (Å²) in [6.07, 6.45) is 1.59. The second-order valence-electron chi connectivity index (χ2n) is 9.83. The van der Waals surface area contributed by atoms with Crippen LogP contribution in [0.3, 0.4) is 0 Å². The summed E-state index contributed by atoms with van der Waals surface area (Å²) in [5.74, 6) is -0.807. The van der Waals surface area contributed by atoms with Gasteiger partial charge in [0.1, 0.15) is 11.6 Å². The first-order valence-corrected chi connectivity index (χ1v) is 12.5. The number of aryl methyl sites for hydroxylation is 1. The molecule has 1 saturated heterocycles. The van der Waals surface area contributed by atoms with Crippen LogP contribution in [0.15, 0.2) is 60.7 Å². The molecule has 0 unspecified atom stereocenters. The molecule has 0 aromatic heterocycles. The van der Waals surface area contributed by atoms with Crippen LogP contribution in [0.25, 0.3) is 11.1 Å². The van der Waals surface area contributed by atoms with E-state index < -0.39 is 11.6 Å². The fourth-order valence-electron chi connectivity index (χ4n) is 5.18. The summed E-state index contributed by atoms with van der Waals surface area (Å²) in [6, 6.07) is 18.7. The Labute approximate surface area is 207 Å². The van der Waals surface area contributed by atoms with Crippen molar-refractivity contribution in [2.24, 2.45) is 5.92 Å². The van der Waals surface area contributed by atoms with Gasteiger partial charge in [0.05, 0.1) is 0 Å². The van der Waals surface area contributed by atoms with Crippen LogP contribution in [0, 0.1) is 24.5 Å². The predicted octanol–water partition coefficient (Wildman–Crippen LogP) is 6.12. The van der Waals surface area contributed by atoms with Gasteiger partial charge in [0.2, 0.25) is 5.91 Å². The molecule has 1 fully saturated rings. The molecule has 35 heavy (non-hydrogen) atoms. The van der Waals surface area contributed by atoms with Gasteiger partial charge in [0, 0.05) is 31.0 Å². The molecular weight excluding hydrogens is 442 g/mol. The topological polar surface area (TPSA) is 41.1 Å². The smallest absolute Gasteiger partial charge is 0.222 e. The van der Waals surface area contributed by atoms with Crippen LogP contribution >= 0.6 is 0 Å². The van der Waals surface area contributed by atoms with Gasteiger partial charge in [-0.1, -0.05) is 56.3 Å². The molecule has 4 rings (SSSR count). The van der Waals surface area contributed by atoms with Crippen LogP contribution in [0.5, 0.6) is 0 Å². The minimum Gasteiger partial charge on any atom is -0.356 e. The fourth-order valence-corrected chi connectivity index (χ4v) is 5.18. The Bertz CT molecular complexity index is 1170. The quantitative estimate of drug-likeness (QED) is 0.432. The van der Waals surface area contributed by atoms with Crippen LogP contribution < -0.4 is 10.6 Å². The molecular formula is C30H34F2N2O. The lowest BCUT2D eigenvalue weighted by Gasteiger charge is -2.34. The van der Waals surface area contributed by atoms with Crippen molar-refractivity contribution in [3.05, 3.63) is 94.6 Å². The minimum absolute atomic E-state index is 0.0255. The zero-order valence-electron chi connectivity index (χ0n) is 20.7. The zero-order valence-corrected chi connectivity index (χ0v) is 20.7. The monoisotopic (exact) mass is 476 g/mol. The zero-order chi connectivity index (χ0) is 24.9. The fraction of sp³-hybridized carbons (Fsp3) is 0.367. The molecule has 0 spiro atoms. The maximum atomic E-state index is 14.0. The molecule has 1 heterocycles. The van der Waals surface area contributed by atoms with Gasteiger partial charge in [-0.25, -0.2) is 8.78 Å². The highest BCUT2D eigenvalue weighted by Crippen LogP contribution is 2.40. The van der Waals surface area contributed by atoms with Crippen molar-refractivity contribution >= 4 is 5.91 Å². The third-order valence-electron chi connectivity index (χ3n) is 7.01. The molecule has 1 aliphatic rings. The number of carbonyl (C=O) groups is 1. The second-order valence-corrected chi connectivity index (χ2v) is 9.83. The molecule has 1 amide bonds. The molecule has 0 aliphatic carbocycles. The Kier molecular flexibility index (Phi) is 7.97. The van der Waals surface area contributed by atoms with Gasteiger partial charge >= 0.3 is 0 Å². The lowest BCUT2D eigenvalue weighted by Crippen LogP contribution is -2.34. The third-order valence-corrected chi connectivity index (χ3v) is 7.01. The summed E-state index contributed by atoms with van der Waals surface area (Å²) < 4.78 is 27.9. The van der Waals surface area contributed by atoms with E-state index in [0.717, 1.165) is 48.7 Å². The molecule has 0 bridgehead atoms. The summed E-state index contributed by atoms with van der Waals surface area (Å²) in [4.78, 5) is 11.9. The maximum absolute atomic E-state index is 14.0. The van der Waals surface area contributed by atoms with Gasteiger partial charge in [-0.05, 0) is 77.7 Å². The Morgan fingerprint density at radius 1 is 1.03 bits per heavy atom. The molecule has 2 N–H and O–H groups in total. The lowest BCUT2D eigenvalue weighted by molar-refractivity contribution is -0.123. The highest BCUT2D eigenvalue weighted by Gasteiger charge is 2.29. The van der Waals surface area contributed by atoms with Crippen molar-refractivity contribution in [1.29, 1.82) is 0 Å². The number of piperidine rings is 1. The first kappa shape index (κ1) is 25.1. The molecule has 2 atom stereocenters. The van der Waals surface area contributed by atoms with Crippen LogP contribution in [0.4, 0.5) is 8.78 Å². The van der Waals surface area contributed by atoms with Crippen LogP contribution in [-0.4, -0.2) is 25.5 Å². The van der Waals surface area contributed by atoms with Gasteiger partial charge in [-0.15, -0.1) is 0 Å². The van der Waals surface area contributed by atoms with Crippen LogP contribution in [-0.2, 0) is 11.2 Å². The van der Waals surface area contributed by atoms with Gasteiger partial charge in [-0.3, -0.25) is 4.79 Å². The highest BCUT2D eigenvalue weighted by atomic mass is 19.1. The number of halogens is 2. The van der Waals surface area contributed by atoms with Crippen molar-refractivity contribution in [2.75, 3.05) is 19.6 Å². The average Bonchev–Trinajstić information content (AvgIpc) is 2.83. The Balaban J connectivity index is 1.58. The standard InChI is InChI=1S/C30H34F2N2O/c1-19(2)30(35)34-13-10-21-6-4-5-7-27(21)22-8-9-26(20(3)14-22)29-18-33-12-11-28(29)23-15-24(31)17-25(32)16-23/h4-9,14-17,19,28-29,33H,10-13,18H2,1-3H3,(H,34,35)/t28-,29-/m1/s1. The summed E-state index contributed by atoms with van der Waals surface area (Å²) in [5.41, 5.74) is 6.58. The van der Waals surface area contributed by atoms with Crippen molar-refractivity contribution in [3.63, 3.8) is 0 Å². The summed E-state index contributed by atoms with van der Waals surface area (Å²) >= 11 is 0. The highest BCUT2D eigenvalue weighted by molar-refractivity contribution is 5.78. The Morgan fingerprint density at radius 3 is 2.49 bits per heavy atom. The molecule has 184 valence electrons. The Morgan fingerprint density at radius 2 is 1.77 bits per heavy atom. The number of hydrogen-bond donors (Lipinski definition) is 2. The molecule has 3 aromatic rings. The summed E-state index contributed by atoms with van der Waals surface area (Å²) in [5, 5.41) is 6.46. The molecule has 0 saturated carbocycles. The van der Waals surface area contributed by atoms with E-state index in [9.17, 15) is 13.6 Å². The van der Waals surface area contributed by atoms with Crippen molar-refractivity contribution in [3.8, 4) is 11.1 Å². The number of benzene rings is 3. The van der Waals surface area contributed by atoms with E-state index in [1.807, 2.05) is 26.0 Å². The largest absolute Gasteiger partial charge is 0.356 e. The number of amides is 1. The van der Waals surface area contributed by atoms with E-state index in [-0.39, 0.29) is 23.7 Å². The number of rotatable bonds is 7. The maximum Gasteiger partial charge on any atom is 0.222 e. The van der Waals surface area contributed by atoms with E-state index in [0.29, 0.717) is 6.54 Å². The van der Waals surface area contributed by atoms with E-state index in [2.05, 4.69) is 47.9 Å². The van der Waals surface area contributed by atoms with E-state index >= 15 is 0 Å². The normalized spacial score (nSPS) is 18.0. The van der Waals surface area contributed by atoms with Crippen LogP contribution in [0.2, 0.25) is 0 Å². The summed E-state index contributed by atoms with van der Waals surface area (Å²) in [6.45, 7) is 8.11. The number of nitrogens with one attached hydrogen (secondary N) is 2. The van der Waals surface area contributed by atoms with E-state index in [1.165, 1.54) is 28.8 Å². The number of carbonyl (C=O) groups excluding carboxylic acids is 1. The van der Waals surface area contributed by atoms with Crippen molar-refractivity contribution < 1.29 is 13.6 Å². The van der Waals surface area contributed by atoms with Gasteiger partial charge < -0.3 is 10.6 Å². The van der Waals surface area contributed by atoms with Gasteiger partial charge in [0.15, 0.2) is 0 Å². The summed E-state index contributed by atoms with van der Waals surface area (Å²) in [7, 11) is 0. The minimum atomic E-state index is -0.523. The number of hydrogen-bond acceptors (Lipinski definition) is 2. The first-order valence-electron chi connectivity index (χ1n) is 12.5. The molecule has 5 heteroatoms. The average molecular weight is 477 g/mol. The van der Waals surface area contributed by atoms with Crippen molar-refractivity contribution in [2.45, 2.75) is 45.4 Å². The van der Waals surface area contributed by atoms with Crippen LogP contribution in [0.1, 0.15) is 54.4 Å². The van der Waals surface area contributed by atoms with Gasteiger partial charge in [-0.2, -0.15) is 0 Å². The van der Waals surface area contributed by atoms with Gasteiger partial charge in [0.25, 0.3) is 0 Å². The lowest BCUT2D eigenvalue weighted by atomic mass is 9.75. The van der Waals surface area contributed by atoms with E-state index in [4.69, 9.17) is 0 Å². The molecule has 0 radical (unpaired) electrons. The second kappa shape index (κ2) is 11.1. The Hall–Kier alpha value is -3.05. The van der Waals surface area contributed by atoms with E-state index in [1.54, 1.807) is 0 Å². The predicted molar refractivity (Wildman–Crippen MR) is 137 cm³/mol. The molecule has 3 nitrogen and oxygen atoms in total. The SMILES string of the molecule is Cc1cc(-c2ccccc2CCNC(=O)C(C)C)ccc1[C@H]1CNCC[C@@H]1c1cc(F)cc(F)c1. The third kappa shape index (κ3) is 5.96. The van der Waals surface area contributed by atoms with Crippen molar-refractivity contribution in [1.82, 2.24) is 10.6 Å².